The summed E-state index contributed by atoms with van der Waals surface area (Å²) in [6.07, 6.45) is 3.14. The molecule has 8 heteroatoms. The third kappa shape index (κ3) is 2.99. The van der Waals surface area contributed by atoms with Crippen LogP contribution >= 0.6 is 0 Å². The van der Waals surface area contributed by atoms with Gasteiger partial charge in [0.1, 0.15) is 6.10 Å². The molecular weight excluding hydrogens is 332 g/mol. The van der Waals surface area contributed by atoms with Gasteiger partial charge in [0, 0.05) is 32.2 Å². The fraction of sp³-hybridized carbons (Fsp3) is 0.333. The lowest BCUT2D eigenvalue weighted by molar-refractivity contribution is -0.0246. The zero-order chi connectivity index (χ0) is 18.1. The van der Waals surface area contributed by atoms with Crippen molar-refractivity contribution in [2.45, 2.75) is 6.10 Å². The highest BCUT2D eigenvalue weighted by Gasteiger charge is 2.28. The standard InChI is InChI=1S/C18H20N6O2/c1-23(2)18-19-7-6-15(21-18)16-11-24(8-9-26-16)17(25)12-4-3-5-14-13(12)10-20-22-14/h3-7,10,16H,8-9,11H2,1-2H3,(H,20,22)/t16-/m1/s1. The fourth-order valence-corrected chi connectivity index (χ4v) is 3.09. The van der Waals surface area contributed by atoms with Crippen LogP contribution in [0, 0.1) is 0 Å². The molecule has 4 rings (SSSR count). The SMILES string of the molecule is CN(C)c1nccc([C@H]2CN(C(=O)c3cccc4[nH]ncc34)CCO2)n1. The summed E-state index contributed by atoms with van der Waals surface area (Å²) in [5.41, 5.74) is 2.28. The summed E-state index contributed by atoms with van der Waals surface area (Å²) in [5, 5.41) is 7.77. The van der Waals surface area contributed by atoms with E-state index in [0.29, 0.717) is 31.2 Å². The summed E-state index contributed by atoms with van der Waals surface area (Å²) in [6, 6.07) is 7.44. The first-order chi connectivity index (χ1) is 12.6. The van der Waals surface area contributed by atoms with E-state index >= 15 is 0 Å². The predicted octanol–water partition coefficient (Wildman–Crippen LogP) is 1.63. The number of aromatic nitrogens is 4. The van der Waals surface area contributed by atoms with E-state index in [1.165, 1.54) is 0 Å². The Balaban J connectivity index is 1.58. The van der Waals surface area contributed by atoms with Gasteiger partial charge in [0.25, 0.3) is 5.91 Å². The van der Waals surface area contributed by atoms with Crippen molar-refractivity contribution in [1.29, 1.82) is 0 Å². The average Bonchev–Trinajstić information content (AvgIpc) is 3.16. The quantitative estimate of drug-likeness (QED) is 0.771. The number of aromatic amines is 1. The molecule has 134 valence electrons. The maximum Gasteiger partial charge on any atom is 0.254 e. The number of ether oxygens (including phenoxy) is 1. The van der Waals surface area contributed by atoms with E-state index in [1.807, 2.05) is 48.2 Å². The van der Waals surface area contributed by atoms with Crippen molar-refractivity contribution >= 4 is 22.8 Å². The van der Waals surface area contributed by atoms with Crippen LogP contribution in [-0.2, 0) is 4.74 Å². The molecule has 0 unspecified atom stereocenters. The number of carbonyl (C=O) groups is 1. The molecule has 1 fully saturated rings. The highest BCUT2D eigenvalue weighted by Crippen LogP contribution is 2.24. The number of anilines is 1. The molecule has 1 atom stereocenters. The van der Waals surface area contributed by atoms with E-state index in [1.54, 1.807) is 12.4 Å². The van der Waals surface area contributed by atoms with Crippen LogP contribution in [0.25, 0.3) is 10.9 Å². The fourth-order valence-electron chi connectivity index (χ4n) is 3.09. The second-order valence-electron chi connectivity index (χ2n) is 6.42. The van der Waals surface area contributed by atoms with Crippen LogP contribution in [0.15, 0.2) is 36.7 Å². The number of carbonyl (C=O) groups excluding carboxylic acids is 1. The Labute approximate surface area is 150 Å². The van der Waals surface area contributed by atoms with Crippen LogP contribution in [0.5, 0.6) is 0 Å². The number of morpholine rings is 1. The summed E-state index contributed by atoms with van der Waals surface area (Å²) >= 11 is 0. The second-order valence-corrected chi connectivity index (χ2v) is 6.42. The molecule has 2 aromatic heterocycles. The number of hydrogen-bond acceptors (Lipinski definition) is 6. The zero-order valence-electron chi connectivity index (χ0n) is 14.7. The molecule has 0 bridgehead atoms. The van der Waals surface area contributed by atoms with Gasteiger partial charge in [-0.25, -0.2) is 9.97 Å². The number of amides is 1. The molecule has 1 aliphatic rings. The molecule has 8 nitrogen and oxygen atoms in total. The third-order valence-corrected chi connectivity index (χ3v) is 4.46. The normalized spacial score (nSPS) is 17.5. The Morgan fingerprint density at radius 2 is 2.23 bits per heavy atom. The molecule has 3 heterocycles. The van der Waals surface area contributed by atoms with E-state index in [0.717, 1.165) is 16.6 Å². The van der Waals surface area contributed by atoms with Gasteiger partial charge in [-0.3, -0.25) is 9.89 Å². The summed E-state index contributed by atoms with van der Waals surface area (Å²) in [6.45, 7) is 1.48. The minimum atomic E-state index is -0.266. The third-order valence-electron chi connectivity index (χ3n) is 4.46. The number of rotatable bonds is 3. The van der Waals surface area contributed by atoms with E-state index in [-0.39, 0.29) is 12.0 Å². The molecule has 1 amide bonds. The number of hydrogen-bond donors (Lipinski definition) is 1. The molecule has 1 saturated heterocycles. The molecule has 3 aromatic rings. The minimum absolute atomic E-state index is 0.0211. The van der Waals surface area contributed by atoms with Gasteiger partial charge in [0.2, 0.25) is 5.95 Å². The van der Waals surface area contributed by atoms with Crippen molar-refractivity contribution in [2.24, 2.45) is 0 Å². The highest BCUT2D eigenvalue weighted by molar-refractivity contribution is 6.06. The van der Waals surface area contributed by atoms with E-state index in [4.69, 9.17) is 4.74 Å². The van der Waals surface area contributed by atoms with E-state index in [9.17, 15) is 4.79 Å². The molecule has 0 radical (unpaired) electrons. The minimum Gasteiger partial charge on any atom is -0.368 e. The average molecular weight is 352 g/mol. The maximum atomic E-state index is 13.1. The first-order valence-corrected chi connectivity index (χ1v) is 8.47. The molecule has 0 aliphatic carbocycles. The van der Waals surface area contributed by atoms with Gasteiger partial charge in [-0.15, -0.1) is 0 Å². The van der Waals surface area contributed by atoms with Crippen molar-refractivity contribution in [2.75, 3.05) is 38.7 Å². The number of H-pyrrole nitrogens is 1. The molecule has 1 aliphatic heterocycles. The molecule has 1 aromatic carbocycles. The molecule has 0 saturated carbocycles. The van der Waals surface area contributed by atoms with Crippen molar-refractivity contribution in [3.8, 4) is 0 Å². The first-order valence-electron chi connectivity index (χ1n) is 8.47. The number of nitrogens with zero attached hydrogens (tertiary/aromatic N) is 5. The number of benzene rings is 1. The summed E-state index contributed by atoms with van der Waals surface area (Å²) in [4.78, 5) is 25.5. The van der Waals surface area contributed by atoms with Gasteiger partial charge in [-0.1, -0.05) is 6.07 Å². The Hall–Kier alpha value is -3.00. The van der Waals surface area contributed by atoms with Crippen molar-refractivity contribution < 1.29 is 9.53 Å². The largest absolute Gasteiger partial charge is 0.368 e. The van der Waals surface area contributed by atoms with Gasteiger partial charge in [0.15, 0.2) is 0 Å². The van der Waals surface area contributed by atoms with Crippen molar-refractivity contribution in [1.82, 2.24) is 25.1 Å². The Bertz CT molecular complexity index is 938. The maximum absolute atomic E-state index is 13.1. The first kappa shape index (κ1) is 16.5. The van der Waals surface area contributed by atoms with Gasteiger partial charge < -0.3 is 14.5 Å². The van der Waals surface area contributed by atoms with Crippen LogP contribution in [0.1, 0.15) is 22.2 Å². The topological polar surface area (TPSA) is 87.2 Å². The van der Waals surface area contributed by atoms with Gasteiger partial charge >= 0.3 is 0 Å². The predicted molar refractivity (Wildman–Crippen MR) is 97.0 cm³/mol. The van der Waals surface area contributed by atoms with Crippen LogP contribution in [0.2, 0.25) is 0 Å². The number of nitrogens with one attached hydrogen (secondary N) is 1. The molecule has 1 N–H and O–H groups in total. The highest BCUT2D eigenvalue weighted by atomic mass is 16.5. The second kappa shape index (κ2) is 6.72. The summed E-state index contributed by atoms with van der Waals surface area (Å²) in [7, 11) is 3.78. The van der Waals surface area contributed by atoms with Gasteiger partial charge in [0.05, 0.1) is 36.1 Å². The van der Waals surface area contributed by atoms with Crippen LogP contribution < -0.4 is 4.90 Å². The van der Waals surface area contributed by atoms with Crippen molar-refractivity contribution in [3.05, 3.63) is 47.9 Å². The van der Waals surface area contributed by atoms with Gasteiger partial charge in [-0.2, -0.15) is 5.10 Å². The van der Waals surface area contributed by atoms with Gasteiger partial charge in [-0.05, 0) is 18.2 Å². The molecule has 0 spiro atoms. The van der Waals surface area contributed by atoms with Crippen LogP contribution in [0.3, 0.4) is 0 Å². The lowest BCUT2D eigenvalue weighted by Crippen LogP contribution is -2.42. The molecule has 26 heavy (non-hydrogen) atoms. The van der Waals surface area contributed by atoms with Crippen molar-refractivity contribution in [3.63, 3.8) is 0 Å². The Morgan fingerprint density at radius 3 is 3.08 bits per heavy atom. The lowest BCUT2D eigenvalue weighted by Gasteiger charge is -2.33. The Kier molecular flexibility index (Phi) is 4.26. The monoisotopic (exact) mass is 352 g/mol. The van der Waals surface area contributed by atoms with Crippen LogP contribution in [-0.4, -0.2) is 64.8 Å². The van der Waals surface area contributed by atoms with E-state index in [2.05, 4.69) is 20.2 Å². The molecular formula is C18H20N6O2. The summed E-state index contributed by atoms with van der Waals surface area (Å²) in [5.74, 6) is 0.602. The van der Waals surface area contributed by atoms with Crippen LogP contribution in [0.4, 0.5) is 5.95 Å². The zero-order valence-corrected chi connectivity index (χ0v) is 14.7. The Morgan fingerprint density at radius 1 is 1.35 bits per heavy atom. The lowest BCUT2D eigenvalue weighted by atomic mass is 10.1. The smallest absolute Gasteiger partial charge is 0.254 e. The summed E-state index contributed by atoms with van der Waals surface area (Å²) < 4.78 is 5.87. The van der Waals surface area contributed by atoms with E-state index < -0.39 is 0 Å². The number of fused-ring (bicyclic) bond motifs is 1.